The maximum Gasteiger partial charge on any atom is 0.195 e. The van der Waals surface area contributed by atoms with Gasteiger partial charge in [-0.1, -0.05) is 152 Å². The van der Waals surface area contributed by atoms with Crippen molar-refractivity contribution < 1.29 is 9.59 Å². The monoisotopic (exact) mass is 794 g/mol. The maximum atomic E-state index is 15.0. The fourth-order valence-electron chi connectivity index (χ4n) is 9.39. The predicted octanol–water partition coefficient (Wildman–Crippen LogP) is 13.3. The molecule has 8 bridgehead atoms. The molecule has 3 aromatic heterocycles. The summed E-state index contributed by atoms with van der Waals surface area (Å²) in [5.74, 6) is -0.379. The number of H-pyrrole nitrogens is 2. The summed E-state index contributed by atoms with van der Waals surface area (Å²) in [6, 6.07) is 60.3. The fraction of sp³-hybridized carbons (Fsp3) is 0. The molecular formula is C56H34N4O2. The van der Waals surface area contributed by atoms with Gasteiger partial charge in [-0.05, 0) is 64.7 Å². The molecule has 0 saturated heterocycles. The summed E-state index contributed by atoms with van der Waals surface area (Å²) < 4.78 is 0. The Balaban J connectivity index is 1.32. The molecular weight excluding hydrogens is 761 g/mol. The Morgan fingerprint density at radius 2 is 0.677 bits per heavy atom. The SMILES string of the molecule is O=C1c2ccccc2C(=O)c2c1ccc1c2-c2nc-1c(-c1ccccc1)c1ccc([nH]1)c(-c1ccccc1)c1nc(c(-c3ccccc3)c3ccc([nH]3)c2-c2ccccc2)C=C1. The largest absolute Gasteiger partial charge is 0.354 e. The fourth-order valence-corrected chi connectivity index (χ4v) is 9.39. The van der Waals surface area contributed by atoms with Gasteiger partial charge in [0.1, 0.15) is 0 Å². The van der Waals surface area contributed by atoms with Gasteiger partial charge in [0, 0.05) is 77.7 Å². The van der Waals surface area contributed by atoms with Crippen molar-refractivity contribution in [3.63, 3.8) is 0 Å². The number of benzene rings is 6. The number of rotatable bonds is 4. The standard InChI is InChI=1S/C56H34N4O2/c61-55-37-23-13-14-24-38(37)56(62)52-40(55)26-25-39-51(52)54-50(36-21-11-4-12-22-36)46-32-30-44(59-46)48(34-17-7-2-8-18-34)42-28-27-41(57-42)47(33-15-5-1-6-16-33)43-29-31-45(58-43)49(53(39)60-54)35-19-9-3-10-20-35/h1-32,58-59H. The third kappa shape index (κ3) is 5.51. The summed E-state index contributed by atoms with van der Waals surface area (Å²) in [5, 5.41) is 0. The van der Waals surface area contributed by atoms with Crippen LogP contribution in [0.2, 0.25) is 0 Å². The van der Waals surface area contributed by atoms with Gasteiger partial charge < -0.3 is 9.97 Å². The molecule has 6 nitrogen and oxygen atoms in total. The summed E-state index contributed by atoms with van der Waals surface area (Å²) in [5.41, 5.74) is 16.7. The Labute approximate surface area is 356 Å². The highest BCUT2D eigenvalue weighted by atomic mass is 16.1. The van der Waals surface area contributed by atoms with Crippen molar-refractivity contribution in [2.24, 2.45) is 0 Å². The molecule has 0 saturated carbocycles. The summed E-state index contributed by atoms with van der Waals surface area (Å²) in [7, 11) is 0. The van der Waals surface area contributed by atoms with Crippen LogP contribution in [0, 0.1) is 0 Å². The van der Waals surface area contributed by atoms with Gasteiger partial charge in [0.05, 0.1) is 22.8 Å². The van der Waals surface area contributed by atoms with Crippen LogP contribution in [0.25, 0.3) is 101 Å². The molecule has 62 heavy (non-hydrogen) atoms. The van der Waals surface area contributed by atoms with Crippen molar-refractivity contribution in [2.75, 3.05) is 0 Å². The van der Waals surface area contributed by atoms with Gasteiger partial charge in [-0.15, -0.1) is 0 Å². The van der Waals surface area contributed by atoms with E-state index in [2.05, 4.69) is 94.9 Å². The number of carbonyl (C=O) groups excluding carboxylic acids is 2. The second-order valence-corrected chi connectivity index (χ2v) is 15.7. The number of carbonyl (C=O) groups is 2. The van der Waals surface area contributed by atoms with Crippen LogP contribution in [0.3, 0.4) is 0 Å². The first-order valence-electron chi connectivity index (χ1n) is 20.7. The zero-order valence-corrected chi connectivity index (χ0v) is 33.2. The average molecular weight is 795 g/mol. The minimum absolute atomic E-state index is 0.179. The van der Waals surface area contributed by atoms with E-state index in [1.54, 1.807) is 18.2 Å². The minimum atomic E-state index is -0.199. The van der Waals surface area contributed by atoms with Crippen molar-refractivity contribution in [1.29, 1.82) is 0 Å². The Morgan fingerprint density at radius 1 is 0.290 bits per heavy atom. The average Bonchev–Trinajstić information content (AvgIpc) is 4.17. The third-order valence-electron chi connectivity index (χ3n) is 12.1. The summed E-state index contributed by atoms with van der Waals surface area (Å²) in [6.45, 7) is 0. The molecule has 1 aliphatic carbocycles. The number of hydrogen-bond acceptors (Lipinski definition) is 4. The Bertz CT molecular complexity index is 3530. The van der Waals surface area contributed by atoms with Gasteiger partial charge in [-0.25, -0.2) is 9.97 Å². The lowest BCUT2D eigenvalue weighted by molar-refractivity contribution is 0.0979. The van der Waals surface area contributed by atoms with E-state index in [1.165, 1.54) is 0 Å². The number of hydrogen-bond donors (Lipinski definition) is 2. The van der Waals surface area contributed by atoms with E-state index in [0.717, 1.165) is 83.5 Å². The van der Waals surface area contributed by atoms with E-state index in [9.17, 15) is 9.59 Å². The molecule has 0 atom stereocenters. The van der Waals surface area contributed by atoms with Crippen molar-refractivity contribution in [2.45, 2.75) is 0 Å². The van der Waals surface area contributed by atoms with Gasteiger partial charge in [0.2, 0.25) is 0 Å². The number of aromatic nitrogens is 4. The van der Waals surface area contributed by atoms with Crippen LogP contribution in [0.4, 0.5) is 0 Å². The quantitative estimate of drug-likeness (QED) is 0.186. The molecule has 0 fully saturated rings. The molecule has 290 valence electrons. The first-order valence-corrected chi connectivity index (χ1v) is 20.7. The second kappa shape index (κ2) is 14.1. The number of ketones is 2. The molecule has 6 heteroatoms. The zero-order chi connectivity index (χ0) is 41.3. The molecule has 12 rings (SSSR count). The van der Waals surface area contributed by atoms with Gasteiger partial charge in [0.25, 0.3) is 0 Å². The van der Waals surface area contributed by atoms with Crippen LogP contribution in [-0.2, 0) is 0 Å². The highest BCUT2D eigenvalue weighted by Gasteiger charge is 2.37. The lowest BCUT2D eigenvalue weighted by Gasteiger charge is -2.21. The molecule has 6 aromatic carbocycles. The first-order chi connectivity index (χ1) is 30.6. The predicted molar refractivity (Wildman–Crippen MR) is 249 cm³/mol. The number of nitrogens with zero attached hydrogens (tertiary/aromatic N) is 2. The molecule has 0 spiro atoms. The van der Waals surface area contributed by atoms with Gasteiger partial charge >= 0.3 is 0 Å². The van der Waals surface area contributed by atoms with E-state index < -0.39 is 0 Å². The number of nitrogens with one attached hydrogen (secondary N) is 2. The topological polar surface area (TPSA) is 91.5 Å². The van der Waals surface area contributed by atoms with E-state index in [4.69, 9.17) is 9.97 Å². The number of aromatic amines is 2. The van der Waals surface area contributed by atoms with Crippen LogP contribution in [0.5, 0.6) is 0 Å². The van der Waals surface area contributed by atoms with Gasteiger partial charge in [-0.2, -0.15) is 0 Å². The van der Waals surface area contributed by atoms with Crippen molar-refractivity contribution >= 4 is 45.8 Å². The van der Waals surface area contributed by atoms with Crippen LogP contribution < -0.4 is 0 Å². The Morgan fingerprint density at radius 3 is 1.16 bits per heavy atom. The maximum absolute atomic E-state index is 15.0. The first kappa shape index (κ1) is 35.5. The summed E-state index contributed by atoms with van der Waals surface area (Å²) >= 11 is 0. The summed E-state index contributed by atoms with van der Waals surface area (Å²) in [6.07, 6.45) is 4.20. The zero-order valence-electron chi connectivity index (χ0n) is 33.2. The van der Waals surface area contributed by atoms with Crippen LogP contribution in [-0.4, -0.2) is 31.5 Å². The second-order valence-electron chi connectivity index (χ2n) is 15.7. The molecule has 2 N–H and O–H groups in total. The minimum Gasteiger partial charge on any atom is -0.354 e. The van der Waals surface area contributed by atoms with Crippen molar-refractivity contribution in [3.8, 4) is 67.0 Å². The van der Waals surface area contributed by atoms with Crippen molar-refractivity contribution in [1.82, 2.24) is 19.9 Å². The highest BCUT2D eigenvalue weighted by Crippen LogP contribution is 2.50. The lowest BCUT2D eigenvalue weighted by Crippen LogP contribution is -2.21. The normalized spacial score (nSPS) is 12.5. The summed E-state index contributed by atoms with van der Waals surface area (Å²) in [4.78, 5) is 48.1. The Hall–Kier alpha value is -8.48. The number of fused-ring (bicyclic) bond motifs is 14. The molecule has 9 aromatic rings. The van der Waals surface area contributed by atoms with Gasteiger partial charge in [0.15, 0.2) is 11.6 Å². The van der Waals surface area contributed by atoms with E-state index in [1.807, 2.05) is 91.0 Å². The molecule has 0 unspecified atom stereocenters. The Kier molecular flexibility index (Phi) is 8.05. The molecule has 3 aliphatic rings. The van der Waals surface area contributed by atoms with E-state index in [0.29, 0.717) is 39.2 Å². The van der Waals surface area contributed by atoms with Crippen LogP contribution in [0.1, 0.15) is 43.2 Å². The van der Waals surface area contributed by atoms with Crippen molar-refractivity contribution in [3.05, 3.63) is 216 Å². The smallest absolute Gasteiger partial charge is 0.195 e. The molecule has 2 aliphatic heterocycles. The lowest BCUT2D eigenvalue weighted by atomic mass is 9.79. The van der Waals surface area contributed by atoms with Gasteiger partial charge in [-0.3, -0.25) is 9.59 Å². The molecule has 5 heterocycles. The van der Waals surface area contributed by atoms with E-state index in [-0.39, 0.29) is 11.6 Å². The molecule has 0 amide bonds. The molecule has 0 radical (unpaired) electrons. The van der Waals surface area contributed by atoms with Crippen LogP contribution in [0.15, 0.2) is 182 Å². The van der Waals surface area contributed by atoms with E-state index >= 15 is 0 Å². The highest BCUT2D eigenvalue weighted by molar-refractivity contribution is 6.31. The van der Waals surface area contributed by atoms with Crippen LogP contribution >= 0.6 is 0 Å². The third-order valence-corrected chi connectivity index (χ3v) is 12.1.